The van der Waals surface area contributed by atoms with Crippen LogP contribution in [0.3, 0.4) is 0 Å². The number of para-hydroxylation sites is 2. The van der Waals surface area contributed by atoms with Crippen LogP contribution in [-0.2, 0) is 9.53 Å². The lowest BCUT2D eigenvalue weighted by molar-refractivity contribution is -0.141. The molecule has 0 saturated carbocycles. The Balaban J connectivity index is 2.12. The minimum Gasteiger partial charge on any atom is -0.468 e. The third-order valence-electron chi connectivity index (χ3n) is 3.13. The summed E-state index contributed by atoms with van der Waals surface area (Å²) in [6.07, 6.45) is 0. The van der Waals surface area contributed by atoms with E-state index in [-0.39, 0.29) is 5.97 Å². The molecule has 3 rings (SSSR count). The van der Waals surface area contributed by atoms with Gasteiger partial charge in [-0.15, -0.1) is 0 Å². The number of esters is 1. The van der Waals surface area contributed by atoms with Crippen LogP contribution >= 0.6 is 0 Å². The molecule has 20 heavy (non-hydrogen) atoms. The van der Waals surface area contributed by atoms with E-state index in [0.29, 0.717) is 11.5 Å². The first kappa shape index (κ1) is 12.4. The van der Waals surface area contributed by atoms with Crippen molar-refractivity contribution < 1.29 is 13.9 Å². The molecule has 0 aliphatic carbocycles. The Morgan fingerprint density at radius 1 is 1.10 bits per heavy atom. The Kier molecular flexibility index (Phi) is 3.21. The van der Waals surface area contributed by atoms with Gasteiger partial charge >= 0.3 is 5.97 Å². The maximum absolute atomic E-state index is 12.1. The maximum Gasteiger partial charge on any atom is 0.322 e. The number of rotatable bonds is 3. The number of methoxy groups -OCH3 is 1. The van der Waals surface area contributed by atoms with Gasteiger partial charge in [-0.2, -0.15) is 0 Å². The van der Waals surface area contributed by atoms with Crippen molar-refractivity contribution in [3.8, 4) is 0 Å². The summed E-state index contributed by atoms with van der Waals surface area (Å²) in [4.78, 5) is 16.5. The van der Waals surface area contributed by atoms with Crippen molar-refractivity contribution in [1.29, 1.82) is 0 Å². The highest BCUT2D eigenvalue weighted by atomic mass is 16.5. The van der Waals surface area contributed by atoms with Crippen LogP contribution < -0.4 is 0 Å². The van der Waals surface area contributed by atoms with E-state index in [9.17, 15) is 4.79 Å². The average Bonchev–Trinajstić information content (AvgIpc) is 2.91. The molecule has 1 unspecified atom stereocenters. The molecule has 3 aromatic rings. The molecule has 0 aliphatic rings. The van der Waals surface area contributed by atoms with Crippen molar-refractivity contribution in [2.45, 2.75) is 5.92 Å². The monoisotopic (exact) mass is 267 g/mol. The summed E-state index contributed by atoms with van der Waals surface area (Å²) in [5.74, 6) is -0.680. The van der Waals surface area contributed by atoms with Crippen LogP contribution in [0.2, 0.25) is 0 Å². The highest BCUT2D eigenvalue weighted by Gasteiger charge is 2.28. The summed E-state index contributed by atoms with van der Waals surface area (Å²) >= 11 is 0. The van der Waals surface area contributed by atoms with Crippen molar-refractivity contribution in [2.24, 2.45) is 0 Å². The molecule has 0 N–H and O–H groups in total. The molecule has 0 bridgehead atoms. The predicted octanol–water partition coefficient (Wildman–Crippen LogP) is 3.13. The lowest BCUT2D eigenvalue weighted by Crippen LogP contribution is -2.15. The van der Waals surface area contributed by atoms with Crippen LogP contribution in [0, 0.1) is 0 Å². The second-order valence-electron chi connectivity index (χ2n) is 4.39. The molecule has 100 valence electrons. The number of fused-ring (bicyclic) bond motifs is 1. The van der Waals surface area contributed by atoms with E-state index >= 15 is 0 Å². The third-order valence-corrected chi connectivity index (χ3v) is 3.13. The molecule has 0 saturated heterocycles. The van der Waals surface area contributed by atoms with Crippen molar-refractivity contribution in [3.05, 3.63) is 66.1 Å². The van der Waals surface area contributed by atoms with E-state index in [1.165, 1.54) is 7.11 Å². The molecule has 0 fully saturated rings. The number of hydrogen-bond donors (Lipinski definition) is 0. The van der Waals surface area contributed by atoms with Gasteiger partial charge in [-0.05, 0) is 17.7 Å². The van der Waals surface area contributed by atoms with Gasteiger partial charge in [-0.25, -0.2) is 4.98 Å². The topological polar surface area (TPSA) is 52.3 Å². The van der Waals surface area contributed by atoms with Crippen LogP contribution in [-0.4, -0.2) is 18.1 Å². The molecule has 0 spiro atoms. The number of hydrogen-bond acceptors (Lipinski definition) is 4. The lowest BCUT2D eigenvalue weighted by Gasteiger charge is -2.11. The molecule has 0 aliphatic heterocycles. The van der Waals surface area contributed by atoms with E-state index in [4.69, 9.17) is 9.15 Å². The Morgan fingerprint density at radius 2 is 1.80 bits per heavy atom. The van der Waals surface area contributed by atoms with Gasteiger partial charge in [0.15, 0.2) is 11.5 Å². The molecule has 0 amide bonds. The zero-order chi connectivity index (χ0) is 13.9. The molecule has 4 heteroatoms. The smallest absolute Gasteiger partial charge is 0.322 e. The minimum absolute atomic E-state index is 0.351. The van der Waals surface area contributed by atoms with Crippen molar-refractivity contribution >= 4 is 17.1 Å². The normalized spacial score (nSPS) is 12.2. The summed E-state index contributed by atoms with van der Waals surface area (Å²) < 4.78 is 10.6. The first-order chi connectivity index (χ1) is 9.79. The van der Waals surface area contributed by atoms with Gasteiger partial charge in [0, 0.05) is 0 Å². The summed E-state index contributed by atoms with van der Waals surface area (Å²) in [5, 5.41) is 0. The van der Waals surface area contributed by atoms with E-state index < -0.39 is 5.92 Å². The van der Waals surface area contributed by atoms with Gasteiger partial charge in [0.2, 0.25) is 5.89 Å². The van der Waals surface area contributed by atoms with Crippen LogP contribution in [0.4, 0.5) is 0 Å². The van der Waals surface area contributed by atoms with Crippen LogP contribution in [0.5, 0.6) is 0 Å². The summed E-state index contributed by atoms with van der Waals surface area (Å²) in [7, 11) is 1.36. The Labute approximate surface area is 116 Å². The number of ether oxygens (including phenoxy) is 1. The van der Waals surface area contributed by atoms with Gasteiger partial charge in [0.05, 0.1) is 7.11 Å². The number of aromatic nitrogens is 1. The molecule has 1 atom stereocenters. The molecule has 1 aromatic heterocycles. The molecule has 4 nitrogen and oxygen atoms in total. The number of carbonyl (C=O) groups excluding carboxylic acids is 1. The number of benzene rings is 2. The van der Waals surface area contributed by atoms with Gasteiger partial charge < -0.3 is 9.15 Å². The predicted molar refractivity (Wildman–Crippen MR) is 74.3 cm³/mol. The molecule has 0 radical (unpaired) electrons. The molecule has 2 aromatic carbocycles. The highest BCUT2D eigenvalue weighted by molar-refractivity contribution is 5.82. The lowest BCUT2D eigenvalue weighted by atomic mass is 9.99. The maximum atomic E-state index is 12.1. The zero-order valence-corrected chi connectivity index (χ0v) is 10.9. The van der Waals surface area contributed by atoms with Gasteiger partial charge in [-0.1, -0.05) is 42.5 Å². The van der Waals surface area contributed by atoms with E-state index in [1.807, 2.05) is 54.6 Å². The van der Waals surface area contributed by atoms with E-state index in [2.05, 4.69) is 4.98 Å². The van der Waals surface area contributed by atoms with Gasteiger partial charge in [0.1, 0.15) is 5.52 Å². The van der Waals surface area contributed by atoms with Gasteiger partial charge in [0.25, 0.3) is 0 Å². The van der Waals surface area contributed by atoms with Crippen LogP contribution in [0.15, 0.2) is 59.0 Å². The largest absolute Gasteiger partial charge is 0.468 e. The fraction of sp³-hybridized carbons (Fsp3) is 0.125. The quantitative estimate of drug-likeness (QED) is 0.684. The average molecular weight is 267 g/mol. The zero-order valence-electron chi connectivity index (χ0n) is 10.9. The van der Waals surface area contributed by atoms with Crippen molar-refractivity contribution in [3.63, 3.8) is 0 Å². The molecule has 1 heterocycles. The van der Waals surface area contributed by atoms with Crippen molar-refractivity contribution in [2.75, 3.05) is 7.11 Å². The van der Waals surface area contributed by atoms with Crippen molar-refractivity contribution in [1.82, 2.24) is 4.98 Å². The first-order valence-electron chi connectivity index (χ1n) is 6.28. The second kappa shape index (κ2) is 5.17. The van der Waals surface area contributed by atoms with Crippen LogP contribution in [0.1, 0.15) is 17.4 Å². The number of oxazole rings is 1. The van der Waals surface area contributed by atoms with E-state index in [0.717, 1.165) is 11.1 Å². The highest BCUT2D eigenvalue weighted by Crippen LogP contribution is 2.28. The summed E-state index contributed by atoms with van der Waals surface area (Å²) in [5.41, 5.74) is 2.19. The SMILES string of the molecule is COC(=O)C(c1ccccc1)c1nc2ccccc2o1. The third kappa shape index (κ3) is 2.16. The van der Waals surface area contributed by atoms with Gasteiger partial charge in [-0.3, -0.25) is 4.79 Å². The molecular weight excluding hydrogens is 254 g/mol. The fourth-order valence-corrected chi connectivity index (χ4v) is 2.16. The number of carbonyl (C=O) groups is 1. The minimum atomic E-state index is -0.645. The fourth-order valence-electron chi connectivity index (χ4n) is 2.16. The van der Waals surface area contributed by atoms with Crippen LogP contribution in [0.25, 0.3) is 11.1 Å². The molecular formula is C16H13NO3. The standard InChI is InChI=1S/C16H13NO3/c1-19-16(18)14(11-7-3-2-4-8-11)15-17-12-9-5-6-10-13(12)20-15/h2-10,14H,1H3. The van der Waals surface area contributed by atoms with E-state index in [1.54, 1.807) is 0 Å². The Morgan fingerprint density at radius 3 is 2.50 bits per heavy atom. The summed E-state index contributed by atoms with van der Waals surface area (Å²) in [6, 6.07) is 16.8. The Hall–Kier alpha value is -2.62. The Bertz CT molecular complexity index is 701. The summed E-state index contributed by atoms with van der Waals surface area (Å²) in [6.45, 7) is 0. The first-order valence-corrected chi connectivity index (χ1v) is 6.28. The second-order valence-corrected chi connectivity index (χ2v) is 4.39. The number of nitrogens with zero attached hydrogens (tertiary/aromatic N) is 1.